The second-order valence-corrected chi connectivity index (χ2v) is 4.77. The number of hydrazone groups is 1. The molecule has 0 N–H and O–H groups in total. The van der Waals surface area contributed by atoms with Gasteiger partial charge in [0.1, 0.15) is 0 Å². The lowest BCUT2D eigenvalue weighted by Crippen LogP contribution is -2.27. The molecule has 0 saturated heterocycles. The summed E-state index contributed by atoms with van der Waals surface area (Å²) in [7, 11) is 0. The lowest BCUT2D eigenvalue weighted by atomic mass is 10.0. The van der Waals surface area contributed by atoms with Crippen LogP contribution in [0.5, 0.6) is 0 Å². The molecule has 1 unspecified atom stereocenters. The van der Waals surface area contributed by atoms with E-state index in [0.717, 1.165) is 17.8 Å². The van der Waals surface area contributed by atoms with E-state index in [-0.39, 0.29) is 11.8 Å². The topological polar surface area (TPSA) is 50.5 Å². The van der Waals surface area contributed by atoms with Gasteiger partial charge in [-0.25, -0.2) is 9.99 Å². The molecule has 0 bridgehead atoms. The molecule has 20 heavy (non-hydrogen) atoms. The molecule has 1 aromatic carbocycles. The van der Waals surface area contributed by atoms with E-state index >= 15 is 0 Å². The number of aromatic nitrogens is 2. The zero-order chi connectivity index (χ0) is 13.9. The highest BCUT2D eigenvalue weighted by Gasteiger charge is 2.35. The number of hydrogen-bond donors (Lipinski definition) is 0. The Hall–Kier alpha value is -2.43. The maximum absolute atomic E-state index is 12.5. The maximum atomic E-state index is 12.5. The Balaban J connectivity index is 1.89. The third-order valence-electron chi connectivity index (χ3n) is 3.45. The van der Waals surface area contributed by atoms with Crippen molar-refractivity contribution in [3.63, 3.8) is 0 Å². The van der Waals surface area contributed by atoms with Gasteiger partial charge >= 0.3 is 0 Å². The maximum Gasteiger partial charge on any atom is 0.256 e. The minimum absolute atomic E-state index is 0.0498. The highest BCUT2D eigenvalue weighted by Crippen LogP contribution is 2.25. The van der Waals surface area contributed by atoms with Gasteiger partial charge in [0.2, 0.25) is 0 Å². The number of anilines is 1. The fourth-order valence-electron chi connectivity index (χ4n) is 2.41. The van der Waals surface area contributed by atoms with E-state index in [2.05, 4.69) is 10.1 Å². The second kappa shape index (κ2) is 5.28. The fourth-order valence-corrected chi connectivity index (χ4v) is 2.41. The molecule has 1 aliphatic heterocycles. The lowest BCUT2D eigenvalue weighted by molar-refractivity contribution is -0.119. The van der Waals surface area contributed by atoms with Crippen molar-refractivity contribution >= 4 is 17.3 Å². The Morgan fingerprint density at radius 2 is 2.05 bits per heavy atom. The highest BCUT2D eigenvalue weighted by atomic mass is 16.2. The predicted molar refractivity (Wildman–Crippen MR) is 77.4 cm³/mol. The second-order valence-electron chi connectivity index (χ2n) is 4.77. The Morgan fingerprint density at radius 3 is 2.70 bits per heavy atom. The van der Waals surface area contributed by atoms with Crippen molar-refractivity contribution in [2.45, 2.75) is 19.9 Å². The number of para-hydroxylation sites is 1. The van der Waals surface area contributed by atoms with Gasteiger partial charge in [0.05, 0.1) is 30.2 Å². The quantitative estimate of drug-likeness (QED) is 0.854. The van der Waals surface area contributed by atoms with Gasteiger partial charge in [-0.2, -0.15) is 5.10 Å². The summed E-state index contributed by atoms with van der Waals surface area (Å²) in [5, 5.41) is 6.03. The first kappa shape index (κ1) is 12.6. The van der Waals surface area contributed by atoms with Crippen LogP contribution >= 0.6 is 0 Å². The largest absolute Gasteiger partial charge is 0.332 e. The summed E-state index contributed by atoms with van der Waals surface area (Å²) in [6, 6.07) is 9.54. The van der Waals surface area contributed by atoms with Crippen LogP contribution in [0.25, 0.3) is 0 Å². The summed E-state index contributed by atoms with van der Waals surface area (Å²) in [5.41, 5.74) is 1.70. The molecule has 3 rings (SSSR count). The lowest BCUT2D eigenvalue weighted by Gasteiger charge is -2.13. The molecule has 5 heteroatoms. The molecule has 0 radical (unpaired) electrons. The minimum atomic E-state index is -0.141. The first-order chi connectivity index (χ1) is 9.79. The van der Waals surface area contributed by atoms with Crippen LogP contribution in [0.15, 0.2) is 54.2 Å². The Morgan fingerprint density at radius 1 is 1.25 bits per heavy atom. The van der Waals surface area contributed by atoms with E-state index in [4.69, 9.17) is 0 Å². The van der Waals surface area contributed by atoms with Crippen molar-refractivity contribution in [1.29, 1.82) is 0 Å². The zero-order valence-electron chi connectivity index (χ0n) is 11.3. The van der Waals surface area contributed by atoms with Crippen LogP contribution in [0.1, 0.15) is 13.3 Å². The van der Waals surface area contributed by atoms with Gasteiger partial charge in [0, 0.05) is 12.4 Å². The van der Waals surface area contributed by atoms with Crippen LogP contribution in [-0.2, 0) is 11.3 Å². The minimum Gasteiger partial charge on any atom is -0.332 e. The van der Waals surface area contributed by atoms with E-state index < -0.39 is 0 Å². The predicted octanol–water partition coefficient (Wildman–Crippen LogP) is 2.31. The number of carbonyl (C=O) groups is 1. The Kier molecular flexibility index (Phi) is 3.33. The molecule has 0 saturated carbocycles. The van der Waals surface area contributed by atoms with Crippen molar-refractivity contribution in [2.75, 3.05) is 5.01 Å². The van der Waals surface area contributed by atoms with E-state index in [1.165, 1.54) is 5.01 Å². The number of amides is 1. The van der Waals surface area contributed by atoms with E-state index in [1.54, 1.807) is 12.5 Å². The first-order valence-electron chi connectivity index (χ1n) is 6.71. The van der Waals surface area contributed by atoms with Crippen molar-refractivity contribution in [3.05, 3.63) is 49.1 Å². The van der Waals surface area contributed by atoms with Crippen LogP contribution in [0, 0.1) is 5.92 Å². The molecule has 1 amide bonds. The smallest absolute Gasteiger partial charge is 0.256 e. The Bertz CT molecular complexity index is 619. The molecule has 0 fully saturated rings. The molecular formula is C15H16N4O. The molecule has 5 nitrogen and oxygen atoms in total. The molecule has 2 aromatic rings. The van der Waals surface area contributed by atoms with Crippen molar-refractivity contribution < 1.29 is 4.79 Å². The number of nitrogens with zero attached hydrogens (tertiary/aromatic N) is 4. The third-order valence-corrected chi connectivity index (χ3v) is 3.45. The number of benzene rings is 1. The van der Waals surface area contributed by atoms with E-state index in [0.29, 0.717) is 6.54 Å². The molecule has 1 aliphatic rings. The zero-order valence-corrected chi connectivity index (χ0v) is 11.3. The summed E-state index contributed by atoms with van der Waals surface area (Å²) in [6.07, 6.45) is 6.11. The molecule has 102 valence electrons. The van der Waals surface area contributed by atoms with Gasteiger partial charge < -0.3 is 4.57 Å². The molecular weight excluding hydrogens is 252 g/mol. The molecule has 1 atom stereocenters. The van der Waals surface area contributed by atoms with Gasteiger partial charge in [-0.1, -0.05) is 25.1 Å². The van der Waals surface area contributed by atoms with Gasteiger partial charge in [-0.05, 0) is 18.6 Å². The van der Waals surface area contributed by atoms with Crippen molar-refractivity contribution in [1.82, 2.24) is 9.55 Å². The van der Waals surface area contributed by atoms with Crippen LogP contribution < -0.4 is 5.01 Å². The highest BCUT2D eigenvalue weighted by molar-refractivity contribution is 6.15. The number of carbonyl (C=O) groups excluding carboxylic acids is 1. The molecule has 1 aromatic heterocycles. The Labute approximate surface area is 117 Å². The molecule has 0 aliphatic carbocycles. The van der Waals surface area contributed by atoms with E-state index in [9.17, 15) is 4.79 Å². The summed E-state index contributed by atoms with van der Waals surface area (Å²) in [6.45, 7) is 2.62. The van der Waals surface area contributed by atoms with Crippen LogP contribution in [0.4, 0.5) is 5.69 Å². The fraction of sp³-hybridized carbons (Fsp3) is 0.267. The summed E-state index contributed by atoms with van der Waals surface area (Å²) < 4.78 is 1.93. The number of hydrogen-bond acceptors (Lipinski definition) is 3. The van der Waals surface area contributed by atoms with Gasteiger partial charge in [-0.15, -0.1) is 0 Å². The van der Waals surface area contributed by atoms with Crippen LogP contribution in [-0.4, -0.2) is 21.2 Å². The first-order valence-corrected chi connectivity index (χ1v) is 6.71. The number of rotatable bonds is 4. The van der Waals surface area contributed by atoms with E-state index in [1.807, 2.05) is 48.0 Å². The van der Waals surface area contributed by atoms with Crippen molar-refractivity contribution in [2.24, 2.45) is 11.0 Å². The SMILES string of the molecule is CCC1C(=O)N(c2ccccc2)N=C1Cn1ccnc1. The van der Waals surface area contributed by atoms with Gasteiger partial charge in [0.25, 0.3) is 5.91 Å². The van der Waals surface area contributed by atoms with Crippen LogP contribution in [0.3, 0.4) is 0 Å². The summed E-state index contributed by atoms with van der Waals surface area (Å²) in [5.74, 6) is -0.0913. The third kappa shape index (κ3) is 2.22. The average molecular weight is 268 g/mol. The van der Waals surface area contributed by atoms with Gasteiger partial charge in [0.15, 0.2) is 0 Å². The van der Waals surface area contributed by atoms with Crippen LogP contribution in [0.2, 0.25) is 0 Å². The monoisotopic (exact) mass is 268 g/mol. The summed E-state index contributed by atoms with van der Waals surface area (Å²) in [4.78, 5) is 16.5. The normalized spacial score (nSPS) is 18.4. The van der Waals surface area contributed by atoms with Crippen molar-refractivity contribution in [3.8, 4) is 0 Å². The standard InChI is InChI=1S/C15H16N4O/c1-2-13-14(10-18-9-8-16-11-18)17-19(15(13)20)12-6-4-3-5-7-12/h3-9,11,13H,2,10H2,1H3. The summed E-state index contributed by atoms with van der Waals surface area (Å²) >= 11 is 0. The average Bonchev–Trinajstić information content (AvgIpc) is 3.08. The van der Waals surface area contributed by atoms with Gasteiger partial charge in [-0.3, -0.25) is 4.79 Å². The molecule has 2 heterocycles. The number of imidazole rings is 1. The molecule has 0 spiro atoms.